The maximum atomic E-state index is 5.86. The molecule has 3 heteroatoms. The summed E-state index contributed by atoms with van der Waals surface area (Å²) in [5, 5.41) is 0. The standard InChI is InChI=1S/C10H17N3/c1-2-9(12)6-8-4-3-5-13-10(8)7-11/h3-5,9H,2,6-7,11-12H2,1H3. The van der Waals surface area contributed by atoms with Crippen molar-refractivity contribution < 1.29 is 0 Å². The van der Waals surface area contributed by atoms with Gasteiger partial charge in [-0.2, -0.15) is 0 Å². The van der Waals surface area contributed by atoms with Gasteiger partial charge in [0.15, 0.2) is 0 Å². The Morgan fingerprint density at radius 2 is 2.31 bits per heavy atom. The zero-order valence-corrected chi connectivity index (χ0v) is 8.03. The molecule has 1 rings (SSSR count). The van der Waals surface area contributed by atoms with E-state index in [9.17, 15) is 0 Å². The lowest BCUT2D eigenvalue weighted by molar-refractivity contribution is 0.640. The number of aromatic nitrogens is 1. The van der Waals surface area contributed by atoms with E-state index in [1.54, 1.807) is 6.20 Å². The molecule has 1 heterocycles. The van der Waals surface area contributed by atoms with Gasteiger partial charge in [0.2, 0.25) is 0 Å². The molecule has 0 bridgehead atoms. The summed E-state index contributed by atoms with van der Waals surface area (Å²) in [5.41, 5.74) is 13.6. The molecule has 0 saturated carbocycles. The summed E-state index contributed by atoms with van der Waals surface area (Å²) < 4.78 is 0. The first-order valence-corrected chi connectivity index (χ1v) is 4.66. The van der Waals surface area contributed by atoms with E-state index in [1.807, 2.05) is 12.1 Å². The van der Waals surface area contributed by atoms with Crippen molar-refractivity contribution in [1.82, 2.24) is 4.98 Å². The predicted octanol–water partition coefficient (Wildman–Crippen LogP) is 0.820. The van der Waals surface area contributed by atoms with Gasteiger partial charge in [0.25, 0.3) is 0 Å². The Bertz CT molecular complexity index is 260. The van der Waals surface area contributed by atoms with Crippen molar-refractivity contribution in [3.8, 4) is 0 Å². The highest BCUT2D eigenvalue weighted by atomic mass is 14.7. The summed E-state index contributed by atoms with van der Waals surface area (Å²) in [6.45, 7) is 2.58. The molecule has 0 aliphatic heterocycles. The van der Waals surface area contributed by atoms with Crippen LogP contribution in [-0.2, 0) is 13.0 Å². The van der Waals surface area contributed by atoms with Crippen LogP contribution in [0.4, 0.5) is 0 Å². The first-order valence-electron chi connectivity index (χ1n) is 4.66. The minimum Gasteiger partial charge on any atom is -0.327 e. The highest BCUT2D eigenvalue weighted by molar-refractivity contribution is 5.20. The Labute approximate surface area is 79.2 Å². The Kier molecular flexibility index (Phi) is 3.86. The molecule has 3 nitrogen and oxygen atoms in total. The smallest absolute Gasteiger partial charge is 0.0571 e. The molecule has 4 N–H and O–H groups in total. The third kappa shape index (κ3) is 2.79. The number of hydrogen-bond acceptors (Lipinski definition) is 3. The van der Waals surface area contributed by atoms with Crippen molar-refractivity contribution in [3.63, 3.8) is 0 Å². The van der Waals surface area contributed by atoms with Crippen molar-refractivity contribution in [1.29, 1.82) is 0 Å². The zero-order valence-electron chi connectivity index (χ0n) is 8.03. The fourth-order valence-corrected chi connectivity index (χ4v) is 1.27. The molecule has 0 saturated heterocycles. The first-order chi connectivity index (χ1) is 6.27. The highest BCUT2D eigenvalue weighted by Gasteiger charge is 2.05. The third-order valence-corrected chi connectivity index (χ3v) is 2.18. The molecule has 0 fully saturated rings. The number of nitrogens with two attached hydrogens (primary N) is 2. The third-order valence-electron chi connectivity index (χ3n) is 2.18. The normalized spacial score (nSPS) is 12.8. The molecular weight excluding hydrogens is 162 g/mol. The van der Waals surface area contributed by atoms with E-state index in [-0.39, 0.29) is 6.04 Å². The first kappa shape index (κ1) is 10.2. The fraction of sp³-hybridized carbons (Fsp3) is 0.500. The fourth-order valence-electron chi connectivity index (χ4n) is 1.27. The molecule has 1 atom stereocenters. The van der Waals surface area contributed by atoms with Crippen LogP contribution in [0.1, 0.15) is 24.6 Å². The van der Waals surface area contributed by atoms with Crippen molar-refractivity contribution in [2.75, 3.05) is 0 Å². The average molecular weight is 179 g/mol. The van der Waals surface area contributed by atoms with Gasteiger partial charge in [-0.1, -0.05) is 13.0 Å². The maximum Gasteiger partial charge on any atom is 0.0571 e. The van der Waals surface area contributed by atoms with Crippen molar-refractivity contribution in [3.05, 3.63) is 29.6 Å². The van der Waals surface area contributed by atoms with Crippen molar-refractivity contribution >= 4 is 0 Å². The van der Waals surface area contributed by atoms with E-state index in [4.69, 9.17) is 11.5 Å². The Morgan fingerprint density at radius 3 is 2.92 bits per heavy atom. The van der Waals surface area contributed by atoms with Gasteiger partial charge in [0.1, 0.15) is 0 Å². The lowest BCUT2D eigenvalue weighted by Crippen LogP contribution is -2.22. The van der Waals surface area contributed by atoms with Crippen LogP contribution in [0.15, 0.2) is 18.3 Å². The Morgan fingerprint density at radius 1 is 1.54 bits per heavy atom. The van der Waals surface area contributed by atoms with E-state index in [0.717, 1.165) is 18.5 Å². The second-order valence-electron chi connectivity index (χ2n) is 3.19. The molecule has 1 aromatic heterocycles. The Balaban J connectivity index is 2.74. The molecule has 1 aromatic rings. The van der Waals surface area contributed by atoms with Gasteiger partial charge in [-0.15, -0.1) is 0 Å². The van der Waals surface area contributed by atoms with Gasteiger partial charge >= 0.3 is 0 Å². The molecule has 0 spiro atoms. The van der Waals surface area contributed by atoms with E-state index >= 15 is 0 Å². The monoisotopic (exact) mass is 179 g/mol. The van der Waals surface area contributed by atoms with Crippen molar-refractivity contribution in [2.45, 2.75) is 32.4 Å². The van der Waals surface area contributed by atoms with Gasteiger partial charge in [-0.25, -0.2) is 0 Å². The summed E-state index contributed by atoms with van der Waals surface area (Å²) in [6, 6.07) is 4.19. The molecular formula is C10H17N3. The van der Waals surface area contributed by atoms with E-state index in [0.29, 0.717) is 6.54 Å². The number of rotatable bonds is 4. The number of nitrogens with zero attached hydrogens (tertiary/aromatic N) is 1. The predicted molar refractivity (Wildman–Crippen MR) is 54.1 cm³/mol. The second kappa shape index (κ2) is 4.94. The molecule has 0 aliphatic carbocycles. The van der Waals surface area contributed by atoms with Crippen LogP contribution in [0, 0.1) is 0 Å². The lowest BCUT2D eigenvalue weighted by Gasteiger charge is -2.10. The molecule has 0 radical (unpaired) electrons. The topological polar surface area (TPSA) is 64.9 Å². The number of hydrogen-bond donors (Lipinski definition) is 2. The minimum absolute atomic E-state index is 0.217. The summed E-state index contributed by atoms with van der Waals surface area (Å²) in [7, 11) is 0. The van der Waals surface area contributed by atoms with Gasteiger partial charge in [0, 0.05) is 18.8 Å². The average Bonchev–Trinajstić information content (AvgIpc) is 2.18. The molecule has 0 aliphatic rings. The van der Waals surface area contributed by atoms with Crippen LogP contribution in [0.2, 0.25) is 0 Å². The van der Waals surface area contributed by atoms with Gasteiger partial charge in [-0.3, -0.25) is 4.98 Å². The summed E-state index contributed by atoms with van der Waals surface area (Å²) in [4.78, 5) is 4.20. The van der Waals surface area contributed by atoms with Crippen molar-refractivity contribution in [2.24, 2.45) is 11.5 Å². The largest absolute Gasteiger partial charge is 0.327 e. The minimum atomic E-state index is 0.217. The molecule has 1 unspecified atom stereocenters. The van der Waals surface area contributed by atoms with Crippen LogP contribution in [0.5, 0.6) is 0 Å². The quantitative estimate of drug-likeness (QED) is 0.719. The zero-order chi connectivity index (χ0) is 9.68. The van der Waals surface area contributed by atoms with Crippen LogP contribution in [0.3, 0.4) is 0 Å². The summed E-state index contributed by atoms with van der Waals surface area (Å²) in [5.74, 6) is 0. The molecule has 72 valence electrons. The molecule has 13 heavy (non-hydrogen) atoms. The number of pyridine rings is 1. The van der Waals surface area contributed by atoms with Gasteiger partial charge in [-0.05, 0) is 24.5 Å². The van der Waals surface area contributed by atoms with Crippen LogP contribution >= 0.6 is 0 Å². The Hall–Kier alpha value is -0.930. The second-order valence-corrected chi connectivity index (χ2v) is 3.19. The summed E-state index contributed by atoms with van der Waals surface area (Å²) >= 11 is 0. The molecule has 0 aromatic carbocycles. The van der Waals surface area contributed by atoms with Crippen LogP contribution in [0.25, 0.3) is 0 Å². The lowest BCUT2D eigenvalue weighted by atomic mass is 10.0. The van der Waals surface area contributed by atoms with Crippen LogP contribution in [-0.4, -0.2) is 11.0 Å². The highest BCUT2D eigenvalue weighted by Crippen LogP contribution is 2.08. The summed E-state index contributed by atoms with van der Waals surface area (Å²) in [6.07, 6.45) is 3.62. The van der Waals surface area contributed by atoms with E-state index in [1.165, 1.54) is 5.56 Å². The van der Waals surface area contributed by atoms with E-state index < -0.39 is 0 Å². The van der Waals surface area contributed by atoms with E-state index in [2.05, 4.69) is 11.9 Å². The van der Waals surface area contributed by atoms with Crippen LogP contribution < -0.4 is 11.5 Å². The van der Waals surface area contributed by atoms with Gasteiger partial charge < -0.3 is 11.5 Å². The SMILES string of the molecule is CCC(N)Cc1cccnc1CN. The van der Waals surface area contributed by atoms with Gasteiger partial charge in [0.05, 0.1) is 5.69 Å². The maximum absolute atomic E-state index is 5.86. The molecule has 0 amide bonds.